The van der Waals surface area contributed by atoms with Gasteiger partial charge in [-0.15, -0.1) is 0 Å². The number of Topliss-reactive ketones (excluding diaryl/α,β-unsaturated/α-hetero) is 2. The van der Waals surface area contributed by atoms with E-state index >= 15 is 0 Å². The predicted octanol–water partition coefficient (Wildman–Crippen LogP) is 5.19. The van der Waals surface area contributed by atoms with Gasteiger partial charge >= 0.3 is 5.97 Å². The van der Waals surface area contributed by atoms with Crippen LogP contribution in [-0.4, -0.2) is 45.3 Å². The number of carbonyl (C=O) groups is 3. The predicted molar refractivity (Wildman–Crippen MR) is 125 cm³/mol. The summed E-state index contributed by atoms with van der Waals surface area (Å²) in [4.78, 5) is 44.8. The fourth-order valence-electron chi connectivity index (χ4n) is 4.03. The maximum Gasteiger partial charge on any atom is 0.335 e. The van der Waals surface area contributed by atoms with Gasteiger partial charge in [0.2, 0.25) is 0 Å². The molecule has 2 aliphatic carbocycles. The van der Waals surface area contributed by atoms with Gasteiger partial charge in [0.05, 0.1) is 28.1 Å². The van der Waals surface area contributed by atoms with Crippen molar-refractivity contribution in [2.75, 3.05) is 0 Å². The number of aliphatic hydroxyl groups excluding tert-OH is 2. The third-order valence-electron chi connectivity index (χ3n) is 5.68. The second-order valence-electron chi connectivity index (χ2n) is 10.1. The van der Waals surface area contributed by atoms with Crippen LogP contribution < -0.4 is 0 Å². The minimum Gasteiger partial charge on any atom is -0.511 e. The van der Waals surface area contributed by atoms with Crippen LogP contribution in [0.5, 0.6) is 0 Å². The molecule has 1 aromatic rings. The Bertz CT molecular complexity index is 1150. The number of aliphatic hydroxyl groups is 2. The number of ketones is 2. The zero-order valence-corrected chi connectivity index (χ0v) is 19.2. The molecule has 8 nitrogen and oxygen atoms in total. The quantitative estimate of drug-likeness (QED) is 0.526. The van der Waals surface area contributed by atoms with Gasteiger partial charge in [-0.2, -0.15) is 0 Å². The van der Waals surface area contributed by atoms with Crippen LogP contribution in [-0.2, 0) is 9.59 Å². The van der Waals surface area contributed by atoms with Crippen molar-refractivity contribution in [1.29, 1.82) is 0 Å². The van der Waals surface area contributed by atoms with E-state index in [1.54, 1.807) is 0 Å². The van der Waals surface area contributed by atoms with Crippen molar-refractivity contribution in [3.63, 3.8) is 0 Å². The summed E-state index contributed by atoms with van der Waals surface area (Å²) in [7, 11) is 0. The molecule has 3 rings (SSSR count). The number of hydrogen-bond acceptors (Lipinski definition) is 7. The second-order valence-corrected chi connectivity index (χ2v) is 10.1. The van der Waals surface area contributed by atoms with Crippen molar-refractivity contribution >= 4 is 41.3 Å². The third-order valence-corrected chi connectivity index (χ3v) is 5.68. The van der Waals surface area contributed by atoms with Crippen molar-refractivity contribution < 1.29 is 29.7 Å². The lowest BCUT2D eigenvalue weighted by Gasteiger charge is -2.28. The Balaban J connectivity index is 1.99. The Hall–Kier alpha value is -3.55. The fraction of sp³-hybridized carbons (Fsp3) is 0.400. The van der Waals surface area contributed by atoms with Gasteiger partial charge in [-0.05, 0) is 29.0 Å². The maximum absolute atomic E-state index is 12.5. The summed E-state index contributed by atoms with van der Waals surface area (Å²) in [5.41, 5.74) is -0.146. The number of aromatic carboxylic acids is 1. The molecular formula is C25H28N2O6. The number of rotatable bonds is 5. The molecule has 0 saturated heterocycles. The fourth-order valence-corrected chi connectivity index (χ4v) is 4.03. The highest BCUT2D eigenvalue weighted by Crippen LogP contribution is 2.37. The molecule has 174 valence electrons. The highest BCUT2D eigenvalue weighted by Gasteiger charge is 2.33. The zero-order valence-electron chi connectivity index (χ0n) is 19.2. The standard InChI is InChI=1S/C25H28N2O6/c1-24(2)8-19(28)15(20(29)9-24)12-26-17-6-5-14(23(32)33)7-18(17)27-13-16-21(30)10-25(3,4)11-22(16)31/h5-7,12-13,28,30H,8-11H2,1-4H3,(H,32,33). The summed E-state index contributed by atoms with van der Waals surface area (Å²) < 4.78 is 0. The van der Waals surface area contributed by atoms with Crippen LogP contribution in [0.1, 0.15) is 63.7 Å². The van der Waals surface area contributed by atoms with Crippen molar-refractivity contribution in [3.05, 3.63) is 46.4 Å². The van der Waals surface area contributed by atoms with Crippen LogP contribution in [0.4, 0.5) is 11.4 Å². The van der Waals surface area contributed by atoms with E-state index in [-0.39, 0.29) is 74.8 Å². The third kappa shape index (κ3) is 5.63. The highest BCUT2D eigenvalue weighted by molar-refractivity contribution is 6.16. The van der Waals surface area contributed by atoms with E-state index in [1.165, 1.54) is 30.6 Å². The van der Waals surface area contributed by atoms with E-state index in [9.17, 15) is 29.7 Å². The molecule has 0 fully saturated rings. The van der Waals surface area contributed by atoms with Crippen LogP contribution in [0.15, 0.2) is 50.8 Å². The minimum atomic E-state index is -1.16. The average molecular weight is 453 g/mol. The molecular weight excluding hydrogens is 424 g/mol. The van der Waals surface area contributed by atoms with Crippen molar-refractivity contribution in [2.24, 2.45) is 20.8 Å². The molecule has 33 heavy (non-hydrogen) atoms. The van der Waals surface area contributed by atoms with Crippen LogP contribution in [0, 0.1) is 10.8 Å². The molecule has 3 N–H and O–H groups in total. The Morgan fingerprint density at radius 2 is 1.27 bits per heavy atom. The van der Waals surface area contributed by atoms with Gasteiger partial charge in [0, 0.05) is 38.1 Å². The lowest BCUT2D eigenvalue weighted by molar-refractivity contribution is -0.118. The number of carbonyl (C=O) groups excluding carboxylic acids is 2. The van der Waals surface area contributed by atoms with Gasteiger partial charge in [0.25, 0.3) is 0 Å². The molecule has 0 atom stereocenters. The normalized spacial score (nSPS) is 20.8. The van der Waals surface area contributed by atoms with Crippen LogP contribution >= 0.6 is 0 Å². The molecule has 0 aliphatic heterocycles. The number of carboxylic acids is 1. The molecule has 2 aliphatic rings. The number of benzene rings is 1. The van der Waals surface area contributed by atoms with Crippen molar-refractivity contribution in [1.82, 2.24) is 0 Å². The van der Waals surface area contributed by atoms with Gasteiger partial charge in [-0.25, -0.2) is 4.79 Å². The van der Waals surface area contributed by atoms with E-state index < -0.39 is 5.97 Å². The molecule has 0 unspecified atom stereocenters. The molecule has 0 spiro atoms. The number of carboxylic acid groups (broad SMARTS) is 1. The molecule has 0 aromatic heterocycles. The monoisotopic (exact) mass is 452 g/mol. The molecule has 0 radical (unpaired) electrons. The Kier molecular flexibility index (Phi) is 6.40. The number of allylic oxidation sites excluding steroid dienone is 4. The number of hydrogen-bond donors (Lipinski definition) is 3. The molecule has 1 aromatic carbocycles. The van der Waals surface area contributed by atoms with Crippen LogP contribution in [0.2, 0.25) is 0 Å². The summed E-state index contributed by atoms with van der Waals surface area (Å²) in [6.07, 6.45) is 3.67. The Morgan fingerprint density at radius 1 is 0.818 bits per heavy atom. The highest BCUT2D eigenvalue weighted by atomic mass is 16.4. The van der Waals surface area contributed by atoms with Gasteiger partial charge in [-0.1, -0.05) is 27.7 Å². The van der Waals surface area contributed by atoms with E-state index in [0.29, 0.717) is 12.8 Å². The molecule has 0 amide bonds. The van der Waals surface area contributed by atoms with E-state index in [1.807, 2.05) is 27.7 Å². The average Bonchev–Trinajstić information content (AvgIpc) is 2.65. The molecule has 0 heterocycles. The molecule has 0 bridgehead atoms. The minimum absolute atomic E-state index is 0.0343. The zero-order chi connectivity index (χ0) is 24.6. The number of nitrogens with zero attached hydrogens (tertiary/aromatic N) is 2. The van der Waals surface area contributed by atoms with Gasteiger partial charge in [0.1, 0.15) is 11.5 Å². The molecule has 8 heteroatoms. The largest absolute Gasteiger partial charge is 0.511 e. The van der Waals surface area contributed by atoms with Crippen LogP contribution in [0.3, 0.4) is 0 Å². The SMILES string of the molecule is CC1(C)CC(=O)C(C=Nc2ccc(C(=O)O)cc2N=CC2=C(O)CC(C)(C)CC2=O)=C(O)C1. The van der Waals surface area contributed by atoms with E-state index in [4.69, 9.17) is 0 Å². The summed E-state index contributed by atoms with van der Waals surface area (Å²) in [6, 6.07) is 4.07. The smallest absolute Gasteiger partial charge is 0.335 e. The topological polar surface area (TPSA) is 137 Å². The van der Waals surface area contributed by atoms with Crippen LogP contribution in [0.25, 0.3) is 0 Å². The van der Waals surface area contributed by atoms with Crippen molar-refractivity contribution in [3.8, 4) is 0 Å². The first-order valence-corrected chi connectivity index (χ1v) is 10.6. The molecule has 0 saturated carbocycles. The van der Waals surface area contributed by atoms with E-state index in [2.05, 4.69) is 9.98 Å². The second kappa shape index (κ2) is 8.77. The Morgan fingerprint density at radius 3 is 1.70 bits per heavy atom. The first-order valence-electron chi connectivity index (χ1n) is 10.6. The van der Waals surface area contributed by atoms with Gasteiger partial charge < -0.3 is 15.3 Å². The van der Waals surface area contributed by atoms with E-state index in [0.717, 1.165) is 0 Å². The summed E-state index contributed by atoms with van der Waals surface area (Å²) >= 11 is 0. The Labute approximate surface area is 192 Å². The van der Waals surface area contributed by atoms with Crippen molar-refractivity contribution in [2.45, 2.75) is 53.4 Å². The maximum atomic E-state index is 12.5. The first-order chi connectivity index (χ1) is 15.3. The van der Waals surface area contributed by atoms with Gasteiger partial charge in [-0.3, -0.25) is 19.6 Å². The first kappa shape index (κ1) is 24.1. The lowest BCUT2D eigenvalue weighted by Crippen LogP contribution is -2.26. The lowest BCUT2D eigenvalue weighted by atomic mass is 9.77. The summed E-state index contributed by atoms with van der Waals surface area (Å²) in [5, 5.41) is 29.9. The van der Waals surface area contributed by atoms with Gasteiger partial charge in [0.15, 0.2) is 11.6 Å². The number of aliphatic imine (C=N–C) groups is 2. The summed E-state index contributed by atoms with van der Waals surface area (Å²) in [5.74, 6) is -1.75. The summed E-state index contributed by atoms with van der Waals surface area (Å²) in [6.45, 7) is 7.56.